The van der Waals surface area contributed by atoms with E-state index in [1.54, 1.807) is 12.4 Å². The van der Waals surface area contributed by atoms with E-state index >= 15 is 0 Å². The molecule has 0 saturated heterocycles. The molecule has 0 saturated carbocycles. The normalized spacial score (nSPS) is 10.3. The summed E-state index contributed by atoms with van der Waals surface area (Å²) in [6.07, 6.45) is 5.32. The summed E-state index contributed by atoms with van der Waals surface area (Å²) in [7, 11) is 1.87. The molecule has 2 aromatic heterocycles. The highest BCUT2D eigenvalue weighted by atomic mass is 15.1. The molecule has 0 aliphatic carbocycles. The molecule has 1 N–H and O–H groups in total. The topological polar surface area (TPSA) is 42.2 Å². The summed E-state index contributed by atoms with van der Waals surface area (Å²) >= 11 is 0. The fourth-order valence-corrected chi connectivity index (χ4v) is 1.04. The van der Waals surface area contributed by atoms with Crippen LogP contribution in [0.5, 0.6) is 0 Å². The predicted octanol–water partition coefficient (Wildman–Crippen LogP) is 0.771. The monoisotopic (exact) mass is 148 g/mol. The van der Waals surface area contributed by atoms with Crippen LogP contribution < -0.4 is 5.32 Å². The first-order chi connectivity index (χ1) is 5.42. The van der Waals surface area contributed by atoms with Gasteiger partial charge in [0.1, 0.15) is 5.82 Å². The highest BCUT2D eigenvalue weighted by Gasteiger charge is 1.96. The molecule has 56 valence electrons. The Hall–Kier alpha value is -1.58. The maximum atomic E-state index is 4.06. The molecule has 2 heterocycles. The van der Waals surface area contributed by atoms with Crippen LogP contribution in [0, 0.1) is 0 Å². The summed E-state index contributed by atoms with van der Waals surface area (Å²) in [6, 6.07) is 1.90. The van der Waals surface area contributed by atoms with Crippen LogP contribution in [0.15, 0.2) is 24.7 Å². The van der Waals surface area contributed by atoms with Crippen molar-refractivity contribution in [3.8, 4) is 0 Å². The highest BCUT2D eigenvalue weighted by Crippen LogP contribution is 2.06. The largest absolute Gasteiger partial charge is 0.374 e. The fraction of sp³-hybridized carbons (Fsp3) is 0.143. The van der Waals surface area contributed by atoms with E-state index in [1.165, 1.54) is 0 Å². The van der Waals surface area contributed by atoms with Crippen molar-refractivity contribution in [3.05, 3.63) is 24.7 Å². The molecule has 0 aromatic carbocycles. The zero-order chi connectivity index (χ0) is 7.68. The lowest BCUT2D eigenvalue weighted by Crippen LogP contribution is -1.97. The zero-order valence-electron chi connectivity index (χ0n) is 6.15. The van der Waals surface area contributed by atoms with Gasteiger partial charge in [0.2, 0.25) is 5.78 Å². The fourth-order valence-electron chi connectivity index (χ4n) is 1.04. The van der Waals surface area contributed by atoms with Gasteiger partial charge in [0.25, 0.3) is 0 Å². The molecular weight excluding hydrogens is 140 g/mol. The minimum atomic E-state index is 0.719. The molecule has 0 unspecified atom stereocenters. The van der Waals surface area contributed by atoms with E-state index in [0.717, 1.165) is 11.6 Å². The van der Waals surface area contributed by atoms with Crippen molar-refractivity contribution in [2.75, 3.05) is 12.4 Å². The summed E-state index contributed by atoms with van der Waals surface area (Å²) in [4.78, 5) is 8.10. The van der Waals surface area contributed by atoms with Gasteiger partial charge in [0.05, 0.1) is 0 Å². The van der Waals surface area contributed by atoms with Gasteiger partial charge >= 0.3 is 0 Å². The first kappa shape index (κ1) is 6.15. The third-order valence-electron chi connectivity index (χ3n) is 1.56. The van der Waals surface area contributed by atoms with Crippen LogP contribution in [0.2, 0.25) is 0 Å². The molecule has 0 aliphatic rings. The second-order valence-corrected chi connectivity index (χ2v) is 2.18. The number of hydrogen-bond donors (Lipinski definition) is 1. The van der Waals surface area contributed by atoms with Gasteiger partial charge in [-0.05, 0) is 6.07 Å². The number of nitrogens with zero attached hydrogens (tertiary/aromatic N) is 3. The maximum Gasteiger partial charge on any atom is 0.235 e. The van der Waals surface area contributed by atoms with E-state index < -0.39 is 0 Å². The van der Waals surface area contributed by atoms with Crippen molar-refractivity contribution in [3.63, 3.8) is 0 Å². The van der Waals surface area contributed by atoms with Crippen LogP contribution >= 0.6 is 0 Å². The Bertz CT molecular complexity index is 365. The van der Waals surface area contributed by atoms with Gasteiger partial charge in [0.15, 0.2) is 0 Å². The highest BCUT2D eigenvalue weighted by molar-refractivity contribution is 5.43. The van der Waals surface area contributed by atoms with Crippen LogP contribution in [-0.4, -0.2) is 21.4 Å². The van der Waals surface area contributed by atoms with Crippen molar-refractivity contribution in [1.29, 1.82) is 0 Å². The lowest BCUT2D eigenvalue weighted by Gasteiger charge is -2.01. The van der Waals surface area contributed by atoms with Crippen LogP contribution in [0.1, 0.15) is 0 Å². The second kappa shape index (κ2) is 2.23. The van der Waals surface area contributed by atoms with E-state index in [1.807, 2.05) is 23.7 Å². The van der Waals surface area contributed by atoms with Crippen LogP contribution in [0.3, 0.4) is 0 Å². The van der Waals surface area contributed by atoms with E-state index in [0.29, 0.717) is 0 Å². The molecule has 0 bridgehead atoms. The van der Waals surface area contributed by atoms with Gasteiger partial charge in [-0.1, -0.05) is 0 Å². The quantitative estimate of drug-likeness (QED) is 0.649. The third kappa shape index (κ3) is 0.832. The lowest BCUT2D eigenvalue weighted by molar-refractivity contribution is 1.10. The van der Waals surface area contributed by atoms with Crippen LogP contribution in [0.4, 0.5) is 5.82 Å². The number of aromatic nitrogens is 3. The number of nitrogens with one attached hydrogen (secondary N) is 1. The average molecular weight is 148 g/mol. The molecule has 2 aromatic rings. The van der Waals surface area contributed by atoms with Crippen molar-refractivity contribution in [2.24, 2.45) is 0 Å². The standard InChI is InChI=1S/C7H8N4/c1-8-6-2-3-9-7-10-4-5-11(6)7/h2-5,8H,1H3. The molecule has 0 atom stereocenters. The molecular formula is C7H8N4. The van der Waals surface area contributed by atoms with Gasteiger partial charge in [0, 0.05) is 25.6 Å². The Morgan fingerprint density at radius 2 is 2.18 bits per heavy atom. The minimum absolute atomic E-state index is 0.719. The van der Waals surface area contributed by atoms with E-state index in [9.17, 15) is 0 Å². The first-order valence-corrected chi connectivity index (χ1v) is 3.37. The Balaban J connectivity index is 2.79. The number of rotatable bonds is 1. The van der Waals surface area contributed by atoms with Crippen molar-refractivity contribution < 1.29 is 0 Å². The molecule has 0 radical (unpaired) electrons. The molecule has 0 aliphatic heterocycles. The van der Waals surface area contributed by atoms with Gasteiger partial charge < -0.3 is 5.32 Å². The number of imidazole rings is 1. The van der Waals surface area contributed by atoms with E-state index in [2.05, 4.69) is 15.3 Å². The molecule has 0 fully saturated rings. The predicted molar refractivity (Wildman–Crippen MR) is 42.5 cm³/mol. The second-order valence-electron chi connectivity index (χ2n) is 2.18. The Morgan fingerprint density at radius 3 is 3.00 bits per heavy atom. The molecule has 4 nitrogen and oxygen atoms in total. The van der Waals surface area contributed by atoms with E-state index in [-0.39, 0.29) is 0 Å². The zero-order valence-corrected chi connectivity index (χ0v) is 6.15. The smallest absolute Gasteiger partial charge is 0.235 e. The van der Waals surface area contributed by atoms with Crippen molar-refractivity contribution in [1.82, 2.24) is 14.4 Å². The third-order valence-corrected chi connectivity index (χ3v) is 1.56. The number of hydrogen-bond acceptors (Lipinski definition) is 3. The molecule has 0 spiro atoms. The number of anilines is 1. The average Bonchev–Trinajstić information content (AvgIpc) is 2.50. The summed E-state index contributed by atoms with van der Waals surface area (Å²) in [5.41, 5.74) is 0. The Labute approximate surface area is 63.9 Å². The summed E-state index contributed by atoms with van der Waals surface area (Å²) in [5, 5.41) is 3.04. The van der Waals surface area contributed by atoms with Crippen molar-refractivity contribution in [2.45, 2.75) is 0 Å². The molecule has 11 heavy (non-hydrogen) atoms. The summed E-state index contributed by atoms with van der Waals surface area (Å²) < 4.78 is 1.89. The van der Waals surface area contributed by atoms with E-state index in [4.69, 9.17) is 0 Å². The molecule has 4 heteroatoms. The Kier molecular flexibility index (Phi) is 1.25. The lowest BCUT2D eigenvalue weighted by atomic mass is 10.6. The minimum Gasteiger partial charge on any atom is -0.374 e. The summed E-state index contributed by atoms with van der Waals surface area (Å²) in [6.45, 7) is 0. The molecule has 2 rings (SSSR count). The first-order valence-electron chi connectivity index (χ1n) is 3.37. The van der Waals surface area contributed by atoms with Gasteiger partial charge in [-0.3, -0.25) is 4.40 Å². The van der Waals surface area contributed by atoms with Crippen LogP contribution in [-0.2, 0) is 0 Å². The van der Waals surface area contributed by atoms with Crippen molar-refractivity contribution >= 4 is 11.6 Å². The Morgan fingerprint density at radius 1 is 1.36 bits per heavy atom. The van der Waals surface area contributed by atoms with Gasteiger partial charge in [-0.25, -0.2) is 9.97 Å². The van der Waals surface area contributed by atoms with Crippen LogP contribution in [0.25, 0.3) is 5.78 Å². The van der Waals surface area contributed by atoms with Gasteiger partial charge in [-0.2, -0.15) is 0 Å². The summed E-state index contributed by atoms with van der Waals surface area (Å²) in [5.74, 6) is 1.71. The molecule has 0 amide bonds. The van der Waals surface area contributed by atoms with Gasteiger partial charge in [-0.15, -0.1) is 0 Å². The number of fused-ring (bicyclic) bond motifs is 1. The SMILES string of the molecule is CNc1ccnc2nccn12. The maximum absolute atomic E-state index is 4.06.